The van der Waals surface area contributed by atoms with Gasteiger partial charge in [0.1, 0.15) is 0 Å². The Bertz CT molecular complexity index is 141. The summed E-state index contributed by atoms with van der Waals surface area (Å²) in [6, 6.07) is 0. The van der Waals surface area contributed by atoms with Crippen LogP contribution in [0.25, 0.3) is 0 Å². The number of methoxy groups -OCH3 is 1. The Hall–Kier alpha value is -0.830. The molecule has 3 heteroatoms. The smallest absolute Gasteiger partial charge is 0.188 e. The number of hydrogen-bond acceptors (Lipinski definition) is 3. The van der Waals surface area contributed by atoms with Gasteiger partial charge in [-0.3, -0.25) is 4.79 Å². The van der Waals surface area contributed by atoms with E-state index in [2.05, 4.69) is 11.7 Å². The molecule has 0 amide bonds. The van der Waals surface area contributed by atoms with Crippen LogP contribution in [-0.2, 0) is 14.3 Å². The molecule has 0 saturated carbocycles. The van der Waals surface area contributed by atoms with E-state index in [1.54, 1.807) is 6.08 Å². The van der Waals surface area contributed by atoms with E-state index < -0.39 is 0 Å². The Morgan fingerprint density at radius 3 is 2.75 bits per heavy atom. The molecule has 0 radical (unpaired) electrons. The maximum atomic E-state index is 10.4. The number of rotatable bonds is 7. The Morgan fingerprint density at radius 2 is 2.25 bits per heavy atom. The van der Waals surface area contributed by atoms with Crippen LogP contribution in [0.3, 0.4) is 0 Å². The third kappa shape index (κ3) is 5.92. The average Bonchev–Trinajstić information content (AvgIpc) is 2.11. The van der Waals surface area contributed by atoms with Crippen molar-refractivity contribution in [3.05, 3.63) is 11.8 Å². The van der Waals surface area contributed by atoms with Crippen molar-refractivity contribution in [3.8, 4) is 0 Å². The second kappa shape index (κ2) is 8.27. The molecule has 0 N–H and O–H groups in total. The number of hydrogen-bond donors (Lipinski definition) is 0. The summed E-state index contributed by atoms with van der Waals surface area (Å²) in [6.45, 7) is 2.24. The van der Waals surface area contributed by atoms with Gasteiger partial charge in [-0.1, -0.05) is 13.3 Å². The summed E-state index contributed by atoms with van der Waals surface area (Å²) < 4.78 is 9.62. The van der Waals surface area contributed by atoms with Crippen molar-refractivity contribution in [1.29, 1.82) is 0 Å². The highest BCUT2D eigenvalue weighted by Crippen LogP contribution is 2.00. The summed E-state index contributed by atoms with van der Waals surface area (Å²) in [5.74, 6) is 0.366. The van der Waals surface area contributed by atoms with Crippen molar-refractivity contribution >= 4 is 6.29 Å². The summed E-state index contributed by atoms with van der Waals surface area (Å²) in [4.78, 5) is 10.4. The van der Waals surface area contributed by atoms with Crippen molar-refractivity contribution in [3.63, 3.8) is 0 Å². The summed E-state index contributed by atoms with van der Waals surface area (Å²) in [6.07, 6.45) is 5.57. The van der Waals surface area contributed by atoms with Gasteiger partial charge in [-0.2, -0.15) is 0 Å². The summed E-state index contributed by atoms with van der Waals surface area (Å²) >= 11 is 0. The Kier molecular flexibility index (Phi) is 7.70. The van der Waals surface area contributed by atoms with Gasteiger partial charge < -0.3 is 9.47 Å². The maximum Gasteiger partial charge on any atom is 0.188 e. The largest absolute Gasteiger partial charge is 0.464 e. The normalized spacial score (nSPS) is 11.3. The highest BCUT2D eigenvalue weighted by molar-refractivity contribution is 5.69. The molecule has 0 aliphatic rings. The third-order valence-corrected chi connectivity index (χ3v) is 1.36. The lowest BCUT2D eigenvalue weighted by Gasteiger charge is -2.02. The molecule has 0 heterocycles. The van der Waals surface area contributed by atoms with Gasteiger partial charge >= 0.3 is 0 Å². The van der Waals surface area contributed by atoms with E-state index in [4.69, 9.17) is 4.74 Å². The summed E-state index contributed by atoms with van der Waals surface area (Å²) in [5.41, 5.74) is 0. The number of ether oxygens (including phenoxy) is 2. The van der Waals surface area contributed by atoms with Crippen LogP contribution in [0.15, 0.2) is 11.8 Å². The Balaban J connectivity index is 3.62. The minimum atomic E-state index is 0.136. The van der Waals surface area contributed by atoms with Crippen molar-refractivity contribution in [2.45, 2.75) is 26.2 Å². The van der Waals surface area contributed by atoms with Crippen LogP contribution in [0.2, 0.25) is 0 Å². The monoisotopic (exact) mass is 172 g/mol. The molecule has 0 saturated heterocycles. The summed E-state index contributed by atoms with van der Waals surface area (Å²) in [7, 11) is 1.52. The lowest BCUT2D eigenvalue weighted by molar-refractivity contribution is -0.110. The average molecular weight is 172 g/mol. The lowest BCUT2D eigenvalue weighted by atomic mass is 10.2. The summed E-state index contributed by atoms with van der Waals surface area (Å²) in [5, 5.41) is 0. The van der Waals surface area contributed by atoms with Gasteiger partial charge in [0, 0.05) is 7.11 Å². The van der Waals surface area contributed by atoms with Gasteiger partial charge in [0.05, 0.1) is 0 Å². The minimum Gasteiger partial charge on any atom is -0.464 e. The van der Waals surface area contributed by atoms with Crippen molar-refractivity contribution < 1.29 is 14.3 Å². The molecule has 0 spiro atoms. The molecule has 0 aromatic heterocycles. The first-order valence-electron chi connectivity index (χ1n) is 4.12. The van der Waals surface area contributed by atoms with E-state index >= 15 is 0 Å². The van der Waals surface area contributed by atoms with E-state index in [0.717, 1.165) is 19.3 Å². The van der Waals surface area contributed by atoms with Crippen molar-refractivity contribution in [2.24, 2.45) is 0 Å². The fraction of sp³-hybridized carbons (Fsp3) is 0.667. The predicted octanol–water partition coefficient (Wildman–Crippen LogP) is 1.88. The van der Waals surface area contributed by atoms with E-state index in [-0.39, 0.29) is 6.79 Å². The third-order valence-electron chi connectivity index (χ3n) is 1.36. The van der Waals surface area contributed by atoms with E-state index in [9.17, 15) is 4.79 Å². The SMILES string of the molecule is CCCC/C=C(\C=O)OCOC. The number of aldehydes is 1. The molecule has 0 bridgehead atoms. The molecule has 0 atom stereocenters. The molecule has 12 heavy (non-hydrogen) atoms. The molecule has 0 rings (SSSR count). The number of allylic oxidation sites excluding steroid dienone is 2. The molecule has 0 aliphatic heterocycles. The van der Waals surface area contributed by atoms with Crippen LogP contribution in [0, 0.1) is 0 Å². The first kappa shape index (κ1) is 11.2. The molecule has 0 aliphatic carbocycles. The standard InChI is InChI=1S/C9H16O3/c1-3-4-5-6-9(7-10)12-8-11-2/h6-7H,3-5,8H2,1-2H3/b9-6+. The fourth-order valence-corrected chi connectivity index (χ4v) is 0.716. The van der Waals surface area contributed by atoms with Crippen LogP contribution < -0.4 is 0 Å². The second-order valence-corrected chi connectivity index (χ2v) is 2.42. The minimum absolute atomic E-state index is 0.136. The van der Waals surface area contributed by atoms with Crippen LogP contribution in [-0.4, -0.2) is 20.2 Å². The van der Waals surface area contributed by atoms with Gasteiger partial charge in [-0.15, -0.1) is 0 Å². The zero-order valence-electron chi connectivity index (χ0n) is 7.71. The molecule has 70 valence electrons. The van der Waals surface area contributed by atoms with Crippen LogP contribution in [0.1, 0.15) is 26.2 Å². The van der Waals surface area contributed by atoms with Gasteiger partial charge in [-0.25, -0.2) is 0 Å². The molecule has 0 fully saturated rings. The van der Waals surface area contributed by atoms with Gasteiger partial charge in [0.15, 0.2) is 18.8 Å². The molecule has 0 aromatic rings. The fourth-order valence-electron chi connectivity index (χ4n) is 0.716. The molecule has 0 unspecified atom stereocenters. The Labute approximate surface area is 73.4 Å². The van der Waals surface area contributed by atoms with E-state index in [1.807, 2.05) is 0 Å². The highest BCUT2D eigenvalue weighted by atomic mass is 16.7. The highest BCUT2D eigenvalue weighted by Gasteiger charge is 1.93. The van der Waals surface area contributed by atoms with Crippen LogP contribution in [0.5, 0.6) is 0 Å². The number of carbonyl (C=O) groups excluding carboxylic acids is 1. The lowest BCUT2D eigenvalue weighted by Crippen LogP contribution is -1.97. The van der Waals surface area contributed by atoms with E-state index in [1.165, 1.54) is 7.11 Å². The zero-order valence-corrected chi connectivity index (χ0v) is 7.71. The quantitative estimate of drug-likeness (QED) is 0.193. The van der Waals surface area contributed by atoms with Crippen LogP contribution >= 0.6 is 0 Å². The van der Waals surface area contributed by atoms with Gasteiger partial charge in [0.2, 0.25) is 0 Å². The van der Waals surface area contributed by atoms with Crippen LogP contribution in [0.4, 0.5) is 0 Å². The topological polar surface area (TPSA) is 35.5 Å². The number of carbonyl (C=O) groups is 1. The molecular weight excluding hydrogens is 156 g/mol. The number of unbranched alkanes of at least 4 members (excludes halogenated alkanes) is 2. The second-order valence-electron chi connectivity index (χ2n) is 2.42. The molecular formula is C9H16O3. The van der Waals surface area contributed by atoms with E-state index in [0.29, 0.717) is 12.0 Å². The maximum absolute atomic E-state index is 10.4. The first-order chi connectivity index (χ1) is 5.85. The van der Waals surface area contributed by atoms with Gasteiger partial charge in [0.25, 0.3) is 0 Å². The van der Waals surface area contributed by atoms with Gasteiger partial charge in [-0.05, 0) is 18.9 Å². The van der Waals surface area contributed by atoms with Crippen molar-refractivity contribution in [1.82, 2.24) is 0 Å². The predicted molar refractivity (Wildman–Crippen MR) is 46.6 cm³/mol. The van der Waals surface area contributed by atoms with Crippen molar-refractivity contribution in [2.75, 3.05) is 13.9 Å². The molecule has 0 aromatic carbocycles. The first-order valence-corrected chi connectivity index (χ1v) is 4.12. The molecule has 3 nitrogen and oxygen atoms in total. The Morgan fingerprint density at radius 1 is 1.50 bits per heavy atom. The zero-order chi connectivity index (χ0) is 9.23.